The van der Waals surface area contributed by atoms with Crippen LogP contribution in [0.4, 0.5) is 4.39 Å². The number of hydrogen-bond acceptors (Lipinski definition) is 3. The van der Waals surface area contributed by atoms with Crippen LogP contribution in [0.2, 0.25) is 0 Å². The normalized spacial score (nSPS) is 61.3. The highest BCUT2D eigenvalue weighted by Gasteiger charge is 2.77. The van der Waals surface area contributed by atoms with Crippen molar-refractivity contribution in [1.82, 2.24) is 0 Å². The van der Waals surface area contributed by atoms with E-state index >= 15 is 4.39 Å². The molecule has 0 aromatic carbocycles. The molecular formula is C20H27FO3. The summed E-state index contributed by atoms with van der Waals surface area (Å²) in [5.74, 6) is 0.120. The van der Waals surface area contributed by atoms with E-state index in [1.807, 2.05) is 6.92 Å². The Labute approximate surface area is 142 Å². The molecule has 0 amide bonds. The van der Waals surface area contributed by atoms with Gasteiger partial charge in [-0.25, -0.2) is 4.39 Å². The molecule has 1 spiro atoms. The Hall–Kier alpha value is -0.900. The van der Waals surface area contributed by atoms with Crippen molar-refractivity contribution in [2.45, 2.75) is 70.8 Å². The number of esters is 1. The fraction of sp³-hybridized carbons (Fsp3) is 0.850. The van der Waals surface area contributed by atoms with Gasteiger partial charge in [0.1, 0.15) is 18.4 Å². The van der Waals surface area contributed by atoms with Gasteiger partial charge in [-0.05, 0) is 61.9 Å². The average molecular weight is 334 g/mol. The average Bonchev–Trinajstić information content (AvgIpc) is 2.92. The van der Waals surface area contributed by atoms with E-state index in [1.54, 1.807) is 0 Å². The van der Waals surface area contributed by atoms with Gasteiger partial charge in [-0.3, -0.25) is 4.79 Å². The fourth-order valence-corrected chi connectivity index (χ4v) is 7.99. The van der Waals surface area contributed by atoms with Gasteiger partial charge in [0.15, 0.2) is 0 Å². The lowest BCUT2D eigenvalue weighted by Crippen LogP contribution is -2.67. The summed E-state index contributed by atoms with van der Waals surface area (Å²) in [6.07, 6.45) is 2.76. The summed E-state index contributed by atoms with van der Waals surface area (Å²) in [6, 6.07) is 0. The number of aliphatic hydroxyl groups excluding tert-OH is 1. The van der Waals surface area contributed by atoms with Crippen molar-refractivity contribution < 1.29 is 19.0 Å². The minimum atomic E-state index is -1.17. The first kappa shape index (κ1) is 15.4. The standard InChI is InChI=1S/C20H27FO3/c1-10-11-5-6-12-18(2)7-4-8-19(3)14(18)13(24-17(19)23)16(22)20(12,9-11)15(10)21/h11-16,22H,1,4-9H2,2-3H3/t11-,12+,13-,14+,15+,16+,18+,19-,20+/m1/s1. The molecule has 2 bridgehead atoms. The Morgan fingerprint density at radius 1 is 1.29 bits per heavy atom. The summed E-state index contributed by atoms with van der Waals surface area (Å²) in [6.45, 7) is 8.28. The number of allylic oxidation sites excluding steroid dienone is 1. The van der Waals surface area contributed by atoms with Gasteiger partial charge in [0.25, 0.3) is 0 Å². The monoisotopic (exact) mass is 334 g/mol. The number of fused-ring (bicyclic) bond motifs is 2. The van der Waals surface area contributed by atoms with Crippen molar-refractivity contribution in [2.75, 3.05) is 0 Å². The van der Waals surface area contributed by atoms with Crippen LogP contribution in [0.25, 0.3) is 0 Å². The highest BCUT2D eigenvalue weighted by molar-refractivity contribution is 5.80. The van der Waals surface area contributed by atoms with Crippen molar-refractivity contribution in [1.29, 1.82) is 0 Å². The van der Waals surface area contributed by atoms with Crippen LogP contribution in [0, 0.1) is 34.0 Å². The molecule has 0 aromatic heterocycles. The summed E-state index contributed by atoms with van der Waals surface area (Å²) in [7, 11) is 0. The number of rotatable bonds is 0. The topological polar surface area (TPSA) is 46.5 Å². The summed E-state index contributed by atoms with van der Waals surface area (Å²) in [4.78, 5) is 12.7. The predicted molar refractivity (Wildman–Crippen MR) is 86.7 cm³/mol. The molecule has 0 unspecified atom stereocenters. The van der Waals surface area contributed by atoms with E-state index in [-0.39, 0.29) is 29.1 Å². The molecule has 1 N–H and O–H groups in total. The van der Waals surface area contributed by atoms with E-state index in [9.17, 15) is 9.90 Å². The van der Waals surface area contributed by atoms with Gasteiger partial charge in [0.2, 0.25) is 0 Å². The molecule has 5 fully saturated rings. The third-order valence-electron chi connectivity index (χ3n) is 8.88. The summed E-state index contributed by atoms with van der Waals surface area (Å²) >= 11 is 0. The first-order valence-electron chi connectivity index (χ1n) is 9.49. The van der Waals surface area contributed by atoms with Crippen LogP contribution in [0.3, 0.4) is 0 Å². The maximum atomic E-state index is 15.5. The molecule has 0 radical (unpaired) electrons. The van der Waals surface area contributed by atoms with Gasteiger partial charge in [-0.15, -0.1) is 0 Å². The van der Waals surface area contributed by atoms with Crippen LogP contribution in [0.15, 0.2) is 12.2 Å². The SMILES string of the molecule is C=C1[C@@H]2CC[C@H]3[C@]4(C)CCC[C@@]5(C)C(=O)O[C@@H]([C@H](O)[C@]3(C2)[C@H]1F)[C@@H]45. The van der Waals surface area contributed by atoms with Crippen molar-refractivity contribution in [2.24, 2.45) is 34.0 Å². The predicted octanol–water partition coefficient (Wildman–Crippen LogP) is 3.41. The Morgan fingerprint density at radius 2 is 2.04 bits per heavy atom. The number of alkyl halides is 1. The lowest BCUT2D eigenvalue weighted by Gasteiger charge is -2.64. The van der Waals surface area contributed by atoms with Crippen LogP contribution in [-0.4, -0.2) is 29.5 Å². The minimum absolute atomic E-state index is 0.00879. The van der Waals surface area contributed by atoms with Gasteiger partial charge in [-0.1, -0.05) is 19.9 Å². The van der Waals surface area contributed by atoms with E-state index in [0.717, 1.165) is 32.1 Å². The molecule has 4 heteroatoms. The van der Waals surface area contributed by atoms with E-state index in [0.29, 0.717) is 12.0 Å². The molecule has 24 heavy (non-hydrogen) atoms. The molecular weight excluding hydrogens is 307 g/mol. The van der Waals surface area contributed by atoms with Crippen LogP contribution in [-0.2, 0) is 9.53 Å². The first-order chi connectivity index (χ1) is 11.3. The lowest BCUT2D eigenvalue weighted by atomic mass is 9.40. The quantitative estimate of drug-likeness (QED) is 0.545. The van der Waals surface area contributed by atoms with Crippen LogP contribution in [0.5, 0.6) is 0 Å². The minimum Gasteiger partial charge on any atom is -0.459 e. The second-order valence-electron chi connectivity index (χ2n) is 9.65. The Balaban J connectivity index is 1.72. The molecule has 5 aliphatic rings. The molecule has 4 saturated carbocycles. The second kappa shape index (κ2) is 4.25. The van der Waals surface area contributed by atoms with E-state index in [2.05, 4.69) is 13.5 Å². The van der Waals surface area contributed by atoms with Gasteiger partial charge in [-0.2, -0.15) is 0 Å². The zero-order chi connectivity index (χ0) is 17.1. The Morgan fingerprint density at radius 3 is 2.79 bits per heavy atom. The van der Waals surface area contributed by atoms with Crippen molar-refractivity contribution in [3.63, 3.8) is 0 Å². The summed E-state index contributed by atoms with van der Waals surface area (Å²) < 4.78 is 21.2. The first-order valence-corrected chi connectivity index (χ1v) is 9.49. The number of ether oxygens (including phenoxy) is 1. The maximum Gasteiger partial charge on any atom is 0.312 e. The largest absolute Gasteiger partial charge is 0.459 e. The third kappa shape index (κ3) is 1.36. The number of carbonyl (C=O) groups excluding carboxylic acids is 1. The highest BCUT2D eigenvalue weighted by atomic mass is 19.1. The molecule has 132 valence electrons. The molecule has 5 rings (SSSR count). The second-order valence-corrected chi connectivity index (χ2v) is 9.65. The molecule has 1 heterocycles. The van der Waals surface area contributed by atoms with Gasteiger partial charge >= 0.3 is 5.97 Å². The number of aliphatic hydroxyl groups is 1. The third-order valence-corrected chi connectivity index (χ3v) is 8.88. The van der Waals surface area contributed by atoms with Crippen molar-refractivity contribution in [3.8, 4) is 0 Å². The van der Waals surface area contributed by atoms with Crippen molar-refractivity contribution in [3.05, 3.63) is 12.2 Å². The molecule has 0 aromatic rings. The number of hydrogen-bond donors (Lipinski definition) is 1. The Bertz CT molecular complexity index is 647. The van der Waals surface area contributed by atoms with Crippen LogP contribution >= 0.6 is 0 Å². The number of halogens is 1. The number of carbonyl (C=O) groups is 1. The maximum absolute atomic E-state index is 15.5. The summed E-state index contributed by atoms with van der Waals surface area (Å²) in [5.41, 5.74) is -0.776. The molecule has 9 atom stereocenters. The molecule has 1 saturated heterocycles. The summed E-state index contributed by atoms with van der Waals surface area (Å²) in [5, 5.41) is 11.3. The van der Waals surface area contributed by atoms with E-state index in [1.165, 1.54) is 0 Å². The molecule has 3 nitrogen and oxygen atoms in total. The zero-order valence-corrected chi connectivity index (χ0v) is 14.6. The Kier molecular flexibility index (Phi) is 2.72. The highest BCUT2D eigenvalue weighted by Crippen LogP contribution is 2.74. The zero-order valence-electron chi connectivity index (χ0n) is 14.6. The fourth-order valence-electron chi connectivity index (χ4n) is 7.99. The van der Waals surface area contributed by atoms with E-state index < -0.39 is 29.2 Å². The van der Waals surface area contributed by atoms with Crippen molar-refractivity contribution >= 4 is 5.97 Å². The molecule has 1 aliphatic heterocycles. The van der Waals surface area contributed by atoms with E-state index in [4.69, 9.17) is 4.74 Å². The molecule has 4 aliphatic carbocycles. The lowest BCUT2D eigenvalue weighted by molar-refractivity contribution is -0.232. The van der Waals surface area contributed by atoms with Crippen LogP contribution < -0.4 is 0 Å². The van der Waals surface area contributed by atoms with Gasteiger partial charge in [0, 0.05) is 11.3 Å². The van der Waals surface area contributed by atoms with Gasteiger partial charge < -0.3 is 9.84 Å². The van der Waals surface area contributed by atoms with Gasteiger partial charge in [0.05, 0.1) is 5.41 Å². The van der Waals surface area contributed by atoms with Crippen LogP contribution in [0.1, 0.15) is 52.4 Å². The smallest absolute Gasteiger partial charge is 0.312 e.